The molecule has 2 amide bonds. The molecule has 2 heterocycles. The van der Waals surface area contributed by atoms with Gasteiger partial charge < -0.3 is 5.73 Å². The van der Waals surface area contributed by atoms with Crippen molar-refractivity contribution in [3.05, 3.63) is 29.8 Å². The van der Waals surface area contributed by atoms with Crippen LogP contribution in [0.2, 0.25) is 0 Å². The number of amides is 2. The summed E-state index contributed by atoms with van der Waals surface area (Å²) in [4.78, 5) is 25.9. The van der Waals surface area contributed by atoms with Crippen molar-refractivity contribution in [3.8, 4) is 0 Å². The number of carbonyl (C=O) groups excluding carboxylic acids is 2. The quantitative estimate of drug-likeness (QED) is 0.861. The van der Waals surface area contributed by atoms with Crippen molar-refractivity contribution in [1.29, 1.82) is 0 Å². The Labute approximate surface area is 135 Å². The molecule has 1 aromatic heterocycles. The van der Waals surface area contributed by atoms with Crippen molar-refractivity contribution in [2.24, 2.45) is 0 Å². The molecule has 0 radical (unpaired) electrons. The molecule has 2 N–H and O–H groups in total. The molecule has 1 saturated heterocycles. The maximum Gasteiger partial charge on any atom is 0.247 e. The Hall–Kier alpha value is -1.93. The Bertz CT molecular complexity index is 714. The molecule has 0 spiro atoms. The van der Waals surface area contributed by atoms with Crippen LogP contribution in [0.25, 0.3) is 0 Å². The van der Waals surface area contributed by atoms with Gasteiger partial charge in [-0.3, -0.25) is 9.59 Å². The summed E-state index contributed by atoms with van der Waals surface area (Å²) in [6.07, 6.45) is 1.08. The van der Waals surface area contributed by atoms with Gasteiger partial charge in [0.25, 0.3) is 0 Å². The van der Waals surface area contributed by atoms with Gasteiger partial charge in [-0.2, -0.15) is 0 Å². The van der Waals surface area contributed by atoms with E-state index in [0.717, 1.165) is 12.0 Å². The first-order valence-corrected chi connectivity index (χ1v) is 8.49. The minimum atomic E-state index is -0.467. The van der Waals surface area contributed by atoms with Gasteiger partial charge in [0.2, 0.25) is 16.9 Å². The Morgan fingerprint density at radius 2 is 2.05 bits per heavy atom. The van der Waals surface area contributed by atoms with Gasteiger partial charge in [-0.1, -0.05) is 42.2 Å². The van der Waals surface area contributed by atoms with E-state index in [1.54, 1.807) is 0 Å². The van der Waals surface area contributed by atoms with E-state index in [-0.39, 0.29) is 18.2 Å². The number of nitrogens with zero attached hydrogens (tertiary/aromatic N) is 3. The third-order valence-corrected chi connectivity index (χ3v) is 5.40. The van der Waals surface area contributed by atoms with Crippen molar-refractivity contribution >= 4 is 45.7 Å². The van der Waals surface area contributed by atoms with Crippen LogP contribution in [0.5, 0.6) is 0 Å². The second-order valence-electron chi connectivity index (χ2n) is 4.80. The predicted molar refractivity (Wildman–Crippen MR) is 86.9 cm³/mol. The first kappa shape index (κ1) is 15.0. The highest BCUT2D eigenvalue weighted by molar-refractivity contribution is 8.02. The van der Waals surface area contributed by atoms with Crippen LogP contribution < -0.4 is 10.6 Å². The van der Waals surface area contributed by atoms with Gasteiger partial charge in [0.15, 0.2) is 4.34 Å². The lowest BCUT2D eigenvalue weighted by Gasteiger charge is -2.15. The fourth-order valence-corrected chi connectivity index (χ4v) is 4.14. The molecule has 1 aliphatic heterocycles. The molecular formula is C14H14N4O2S2. The number of nitrogen functional groups attached to an aromatic ring is 1. The molecule has 1 atom stereocenters. The van der Waals surface area contributed by atoms with E-state index in [2.05, 4.69) is 17.1 Å². The number of benzene rings is 1. The van der Waals surface area contributed by atoms with Gasteiger partial charge in [0.1, 0.15) is 5.25 Å². The number of rotatable bonds is 4. The fourth-order valence-electron chi connectivity index (χ4n) is 2.24. The summed E-state index contributed by atoms with van der Waals surface area (Å²) < 4.78 is 0.604. The van der Waals surface area contributed by atoms with Crippen molar-refractivity contribution in [2.75, 3.05) is 10.6 Å². The lowest BCUT2D eigenvalue weighted by molar-refractivity contribution is -0.121. The highest BCUT2D eigenvalue weighted by atomic mass is 32.2. The number of thioether (sulfide) groups is 1. The molecule has 6 nitrogen and oxygen atoms in total. The third-order valence-electron chi connectivity index (χ3n) is 3.37. The van der Waals surface area contributed by atoms with Gasteiger partial charge in [-0.25, -0.2) is 4.90 Å². The van der Waals surface area contributed by atoms with Crippen LogP contribution in [0.3, 0.4) is 0 Å². The number of carbonyl (C=O) groups is 2. The van der Waals surface area contributed by atoms with Crippen molar-refractivity contribution < 1.29 is 9.59 Å². The van der Waals surface area contributed by atoms with Crippen LogP contribution in [0.4, 0.5) is 10.8 Å². The monoisotopic (exact) mass is 334 g/mol. The number of anilines is 2. The zero-order valence-electron chi connectivity index (χ0n) is 11.9. The van der Waals surface area contributed by atoms with Gasteiger partial charge >= 0.3 is 0 Å². The standard InChI is InChI=1S/C14H14N4O2S2/c1-2-8-3-5-9(6-4-8)18-11(19)7-10(12(18)20)21-14-17-16-13(15)22-14/h3-6,10H,2,7H2,1H3,(H2,15,16)/t10-/m0/s1. The second kappa shape index (κ2) is 6.05. The SMILES string of the molecule is CCc1ccc(N2C(=O)C[C@H](Sc3nnc(N)s3)C2=O)cc1. The van der Waals surface area contributed by atoms with Crippen LogP contribution in [-0.4, -0.2) is 27.3 Å². The van der Waals surface area contributed by atoms with E-state index in [0.29, 0.717) is 15.2 Å². The smallest absolute Gasteiger partial charge is 0.247 e. The number of nitrogens with two attached hydrogens (primary N) is 1. The molecule has 1 aromatic carbocycles. The molecule has 22 heavy (non-hydrogen) atoms. The number of hydrogen-bond acceptors (Lipinski definition) is 7. The van der Waals surface area contributed by atoms with Crippen LogP contribution in [0, 0.1) is 0 Å². The molecule has 0 unspecified atom stereocenters. The third kappa shape index (κ3) is 2.84. The molecule has 0 saturated carbocycles. The zero-order valence-corrected chi connectivity index (χ0v) is 13.5. The lowest BCUT2D eigenvalue weighted by Crippen LogP contribution is -2.31. The molecule has 0 bridgehead atoms. The van der Waals surface area contributed by atoms with Crippen molar-refractivity contribution in [3.63, 3.8) is 0 Å². The van der Waals surface area contributed by atoms with Crippen molar-refractivity contribution in [1.82, 2.24) is 10.2 Å². The van der Waals surface area contributed by atoms with Crippen molar-refractivity contribution in [2.45, 2.75) is 29.4 Å². The maximum absolute atomic E-state index is 12.5. The maximum atomic E-state index is 12.5. The summed E-state index contributed by atoms with van der Waals surface area (Å²) >= 11 is 2.46. The summed E-state index contributed by atoms with van der Waals surface area (Å²) in [7, 11) is 0. The van der Waals surface area contributed by atoms with Gasteiger partial charge in [0.05, 0.1) is 5.69 Å². The molecule has 1 fully saturated rings. The Morgan fingerprint density at radius 1 is 1.32 bits per heavy atom. The van der Waals surface area contributed by atoms with Gasteiger partial charge in [-0.05, 0) is 24.1 Å². The average Bonchev–Trinajstić information content (AvgIpc) is 3.03. The summed E-state index contributed by atoms with van der Waals surface area (Å²) in [6.45, 7) is 2.06. The first-order valence-electron chi connectivity index (χ1n) is 6.80. The van der Waals surface area contributed by atoms with E-state index >= 15 is 0 Å². The number of hydrogen-bond donors (Lipinski definition) is 1. The number of aryl methyl sites for hydroxylation is 1. The molecule has 8 heteroatoms. The van der Waals surface area contributed by atoms with Crippen LogP contribution >= 0.6 is 23.1 Å². The summed E-state index contributed by atoms with van der Waals surface area (Å²) in [6, 6.07) is 7.48. The summed E-state index contributed by atoms with van der Waals surface area (Å²) in [5.41, 5.74) is 7.31. The van der Waals surface area contributed by atoms with Crippen LogP contribution in [-0.2, 0) is 16.0 Å². The first-order chi connectivity index (χ1) is 10.6. The highest BCUT2D eigenvalue weighted by Gasteiger charge is 2.40. The van der Waals surface area contributed by atoms with E-state index in [9.17, 15) is 9.59 Å². The lowest BCUT2D eigenvalue weighted by atomic mass is 10.1. The van der Waals surface area contributed by atoms with E-state index in [1.807, 2.05) is 24.3 Å². The average molecular weight is 334 g/mol. The van der Waals surface area contributed by atoms with Gasteiger partial charge in [0, 0.05) is 6.42 Å². The fraction of sp³-hybridized carbons (Fsp3) is 0.286. The topological polar surface area (TPSA) is 89.2 Å². The Morgan fingerprint density at radius 3 is 2.64 bits per heavy atom. The molecule has 1 aliphatic rings. The van der Waals surface area contributed by atoms with E-state index < -0.39 is 5.25 Å². The Balaban J connectivity index is 1.78. The van der Waals surface area contributed by atoms with E-state index in [1.165, 1.54) is 28.0 Å². The second-order valence-corrected chi connectivity index (χ2v) is 7.26. The highest BCUT2D eigenvalue weighted by Crippen LogP contribution is 2.35. The molecule has 0 aliphatic carbocycles. The molecule has 2 aromatic rings. The summed E-state index contributed by atoms with van der Waals surface area (Å²) in [5.74, 6) is -0.405. The molecular weight excluding hydrogens is 320 g/mol. The Kier molecular flexibility index (Phi) is 4.12. The molecule has 3 rings (SSSR count). The van der Waals surface area contributed by atoms with E-state index in [4.69, 9.17) is 5.73 Å². The minimum Gasteiger partial charge on any atom is -0.374 e. The van der Waals surface area contributed by atoms with Crippen LogP contribution in [0.1, 0.15) is 18.9 Å². The molecule has 114 valence electrons. The van der Waals surface area contributed by atoms with Crippen LogP contribution in [0.15, 0.2) is 28.6 Å². The normalized spacial score (nSPS) is 18.2. The minimum absolute atomic E-state index is 0.165. The predicted octanol–water partition coefficient (Wildman–Crippen LogP) is 2.11. The van der Waals surface area contributed by atoms with Gasteiger partial charge in [-0.15, -0.1) is 10.2 Å². The largest absolute Gasteiger partial charge is 0.374 e. The number of imide groups is 1. The number of aromatic nitrogens is 2. The summed E-state index contributed by atoms with van der Waals surface area (Å²) in [5, 5.41) is 7.48. The zero-order chi connectivity index (χ0) is 15.7.